The third-order valence-electron chi connectivity index (χ3n) is 4.02. The van der Waals surface area contributed by atoms with Gasteiger partial charge in [-0.05, 0) is 18.6 Å². The van der Waals surface area contributed by atoms with Crippen LogP contribution < -0.4 is 10.1 Å². The maximum Gasteiger partial charge on any atom is 0.261 e. The number of amides is 1. The number of halogens is 1. The quantitative estimate of drug-likeness (QED) is 0.624. The summed E-state index contributed by atoms with van der Waals surface area (Å²) in [4.78, 5) is 16.9. The molecule has 0 saturated heterocycles. The Morgan fingerprint density at radius 3 is 2.67 bits per heavy atom. The van der Waals surface area contributed by atoms with Crippen LogP contribution in [0.2, 0.25) is 0 Å². The Hall–Kier alpha value is -2.73. The van der Waals surface area contributed by atoms with Crippen LogP contribution in [0.3, 0.4) is 0 Å². The standard InChI is InChI=1S/C21H21FN2O2S/c1-2-18(26-19-11-7-6-10-17(19)22)20(25)23-13-12-16-14-27-21(24-16)15-8-4-3-5-9-15/h3-11,14,18H,2,12-13H2,1H3,(H,23,25). The van der Waals surface area contributed by atoms with Gasteiger partial charge in [-0.25, -0.2) is 9.37 Å². The van der Waals surface area contributed by atoms with Crippen LogP contribution in [-0.4, -0.2) is 23.5 Å². The van der Waals surface area contributed by atoms with E-state index in [2.05, 4.69) is 10.3 Å². The maximum absolute atomic E-state index is 13.7. The number of hydrogen-bond donors (Lipinski definition) is 1. The molecule has 0 aliphatic rings. The summed E-state index contributed by atoms with van der Waals surface area (Å²) in [6.07, 6.45) is 0.359. The SMILES string of the molecule is CCC(Oc1ccccc1F)C(=O)NCCc1csc(-c2ccccc2)n1. The average molecular weight is 384 g/mol. The van der Waals surface area contributed by atoms with Gasteiger partial charge in [-0.1, -0.05) is 49.4 Å². The van der Waals surface area contributed by atoms with Gasteiger partial charge in [0.2, 0.25) is 0 Å². The molecule has 27 heavy (non-hydrogen) atoms. The molecular formula is C21H21FN2O2S. The fourth-order valence-corrected chi connectivity index (χ4v) is 3.44. The van der Waals surface area contributed by atoms with Crippen LogP contribution in [0.5, 0.6) is 5.75 Å². The van der Waals surface area contributed by atoms with E-state index in [-0.39, 0.29) is 11.7 Å². The average Bonchev–Trinajstić information content (AvgIpc) is 3.17. The van der Waals surface area contributed by atoms with Gasteiger partial charge < -0.3 is 10.1 Å². The third-order valence-corrected chi connectivity index (χ3v) is 4.96. The van der Waals surface area contributed by atoms with E-state index < -0.39 is 11.9 Å². The molecule has 140 valence electrons. The second-order valence-electron chi connectivity index (χ2n) is 6.00. The largest absolute Gasteiger partial charge is 0.478 e. The van der Waals surface area contributed by atoms with E-state index in [0.717, 1.165) is 16.3 Å². The fourth-order valence-electron chi connectivity index (χ4n) is 2.58. The molecule has 1 unspecified atom stereocenters. The van der Waals surface area contributed by atoms with Crippen molar-refractivity contribution in [1.29, 1.82) is 0 Å². The van der Waals surface area contributed by atoms with Crippen molar-refractivity contribution in [2.24, 2.45) is 0 Å². The van der Waals surface area contributed by atoms with Crippen molar-refractivity contribution in [2.75, 3.05) is 6.54 Å². The van der Waals surface area contributed by atoms with Gasteiger partial charge in [0.25, 0.3) is 5.91 Å². The number of nitrogens with zero attached hydrogens (tertiary/aromatic N) is 1. The van der Waals surface area contributed by atoms with Gasteiger partial charge in [0.05, 0.1) is 5.69 Å². The molecule has 0 radical (unpaired) electrons. The molecule has 2 aromatic carbocycles. The molecule has 1 aromatic heterocycles. The Morgan fingerprint density at radius 2 is 1.93 bits per heavy atom. The number of ether oxygens (including phenoxy) is 1. The summed E-state index contributed by atoms with van der Waals surface area (Å²) in [5, 5.41) is 5.81. The summed E-state index contributed by atoms with van der Waals surface area (Å²) < 4.78 is 19.2. The minimum atomic E-state index is -0.725. The number of carbonyl (C=O) groups excluding carboxylic acids is 1. The van der Waals surface area contributed by atoms with Crippen molar-refractivity contribution < 1.29 is 13.9 Å². The molecule has 0 aliphatic carbocycles. The molecule has 0 aliphatic heterocycles. The Balaban J connectivity index is 1.51. The van der Waals surface area contributed by atoms with Crippen molar-refractivity contribution in [3.63, 3.8) is 0 Å². The van der Waals surface area contributed by atoms with Gasteiger partial charge in [0.1, 0.15) is 5.01 Å². The van der Waals surface area contributed by atoms with Crippen LogP contribution in [0.1, 0.15) is 19.0 Å². The van der Waals surface area contributed by atoms with Crippen LogP contribution in [0.15, 0.2) is 60.0 Å². The number of nitrogens with one attached hydrogen (secondary N) is 1. The van der Waals surface area contributed by atoms with E-state index in [1.807, 2.05) is 42.6 Å². The first-order valence-corrected chi connectivity index (χ1v) is 9.74. The molecule has 0 saturated carbocycles. The van der Waals surface area contributed by atoms with Gasteiger partial charge in [0, 0.05) is 23.9 Å². The van der Waals surface area contributed by atoms with Crippen molar-refractivity contribution in [1.82, 2.24) is 10.3 Å². The Morgan fingerprint density at radius 1 is 1.19 bits per heavy atom. The van der Waals surface area contributed by atoms with E-state index >= 15 is 0 Å². The number of carbonyl (C=O) groups is 1. The lowest BCUT2D eigenvalue weighted by atomic mass is 10.2. The summed E-state index contributed by atoms with van der Waals surface area (Å²) in [5.74, 6) is -0.634. The number of aromatic nitrogens is 1. The summed E-state index contributed by atoms with van der Waals surface area (Å²) in [6.45, 7) is 2.28. The molecule has 1 heterocycles. The highest BCUT2D eigenvalue weighted by atomic mass is 32.1. The first-order chi connectivity index (χ1) is 13.2. The van der Waals surface area contributed by atoms with E-state index in [0.29, 0.717) is 19.4 Å². The molecule has 0 fully saturated rings. The zero-order valence-electron chi connectivity index (χ0n) is 15.0. The third kappa shape index (κ3) is 5.14. The van der Waals surface area contributed by atoms with E-state index in [1.54, 1.807) is 23.5 Å². The molecule has 6 heteroatoms. The van der Waals surface area contributed by atoms with Crippen LogP contribution in [0.4, 0.5) is 4.39 Å². The lowest BCUT2D eigenvalue weighted by Crippen LogP contribution is -2.39. The Bertz CT molecular complexity index is 883. The lowest BCUT2D eigenvalue weighted by Gasteiger charge is -2.17. The Labute approximate surface area is 162 Å². The zero-order valence-corrected chi connectivity index (χ0v) is 15.8. The van der Waals surface area contributed by atoms with Crippen molar-refractivity contribution >= 4 is 17.2 Å². The monoisotopic (exact) mass is 384 g/mol. The maximum atomic E-state index is 13.7. The highest BCUT2D eigenvalue weighted by molar-refractivity contribution is 7.13. The second-order valence-corrected chi connectivity index (χ2v) is 6.85. The second kappa shape index (κ2) is 9.28. The highest BCUT2D eigenvalue weighted by Crippen LogP contribution is 2.23. The minimum Gasteiger partial charge on any atom is -0.478 e. The van der Waals surface area contributed by atoms with Crippen molar-refractivity contribution in [3.8, 4) is 16.3 Å². The topological polar surface area (TPSA) is 51.2 Å². The summed E-state index contributed by atoms with van der Waals surface area (Å²) >= 11 is 1.59. The van der Waals surface area contributed by atoms with Gasteiger partial charge in [0.15, 0.2) is 17.7 Å². The molecule has 0 bridgehead atoms. The van der Waals surface area contributed by atoms with E-state index in [1.165, 1.54) is 12.1 Å². The molecule has 0 spiro atoms. The van der Waals surface area contributed by atoms with E-state index in [9.17, 15) is 9.18 Å². The van der Waals surface area contributed by atoms with Crippen molar-refractivity contribution in [2.45, 2.75) is 25.9 Å². The lowest BCUT2D eigenvalue weighted by molar-refractivity contribution is -0.128. The summed E-state index contributed by atoms with van der Waals surface area (Å²) in [6, 6.07) is 16.1. The number of benzene rings is 2. The van der Waals surface area contributed by atoms with Crippen LogP contribution in [0.25, 0.3) is 10.6 Å². The van der Waals surface area contributed by atoms with Gasteiger partial charge in [-0.15, -0.1) is 11.3 Å². The first kappa shape index (κ1) is 19.0. The molecule has 1 N–H and O–H groups in total. The predicted molar refractivity (Wildman–Crippen MR) is 105 cm³/mol. The van der Waals surface area contributed by atoms with Crippen LogP contribution in [-0.2, 0) is 11.2 Å². The molecule has 3 rings (SSSR count). The van der Waals surface area contributed by atoms with Gasteiger partial charge >= 0.3 is 0 Å². The van der Waals surface area contributed by atoms with Gasteiger partial charge in [-0.2, -0.15) is 0 Å². The highest BCUT2D eigenvalue weighted by Gasteiger charge is 2.19. The summed E-state index contributed by atoms with van der Waals surface area (Å²) in [5.41, 5.74) is 2.02. The summed E-state index contributed by atoms with van der Waals surface area (Å²) in [7, 11) is 0. The Kier molecular flexibility index (Phi) is 6.54. The first-order valence-electron chi connectivity index (χ1n) is 8.86. The molecule has 1 atom stereocenters. The predicted octanol–water partition coefficient (Wildman–Crippen LogP) is 4.47. The molecule has 3 aromatic rings. The fraction of sp³-hybridized carbons (Fsp3) is 0.238. The van der Waals surface area contributed by atoms with Gasteiger partial charge in [-0.3, -0.25) is 4.79 Å². The van der Waals surface area contributed by atoms with Crippen LogP contribution in [0, 0.1) is 5.82 Å². The van der Waals surface area contributed by atoms with Crippen molar-refractivity contribution in [3.05, 3.63) is 71.5 Å². The molecular weight excluding hydrogens is 363 g/mol. The van der Waals surface area contributed by atoms with E-state index in [4.69, 9.17) is 4.74 Å². The number of para-hydroxylation sites is 1. The smallest absolute Gasteiger partial charge is 0.261 e. The minimum absolute atomic E-state index is 0.0894. The normalized spacial score (nSPS) is 11.8. The zero-order chi connectivity index (χ0) is 19.1. The molecule has 1 amide bonds. The molecule has 4 nitrogen and oxygen atoms in total. The number of rotatable bonds is 8. The van der Waals surface area contributed by atoms with Crippen LogP contribution >= 0.6 is 11.3 Å². The number of hydrogen-bond acceptors (Lipinski definition) is 4. The number of thiazole rings is 1.